The molecule has 0 amide bonds. The molecule has 0 radical (unpaired) electrons. The highest BCUT2D eigenvalue weighted by molar-refractivity contribution is 9.10. The second-order valence-corrected chi connectivity index (χ2v) is 10.2. The third kappa shape index (κ3) is 7.73. The number of methoxy groups -OCH3 is 1. The minimum absolute atomic E-state index is 0.205. The Labute approximate surface area is 215 Å². The zero-order chi connectivity index (χ0) is 24.7. The summed E-state index contributed by atoms with van der Waals surface area (Å²) in [6.45, 7) is 1.79. The molecular weight excluding hydrogens is 516 g/mol. The largest absolute Gasteiger partial charge is 0.497 e. The van der Waals surface area contributed by atoms with E-state index < -0.39 is 18.0 Å². The molecular formula is C27H35BrO7. The summed E-state index contributed by atoms with van der Waals surface area (Å²) in [5.74, 6) is -0.202. The Morgan fingerprint density at radius 3 is 2.31 bits per heavy atom. The Kier molecular flexibility index (Phi) is 9.58. The van der Waals surface area contributed by atoms with Gasteiger partial charge in [-0.05, 0) is 42.2 Å². The molecule has 8 heteroatoms. The van der Waals surface area contributed by atoms with Crippen LogP contribution < -0.4 is 4.74 Å². The van der Waals surface area contributed by atoms with Gasteiger partial charge in [0.1, 0.15) is 5.75 Å². The van der Waals surface area contributed by atoms with Crippen molar-refractivity contribution < 1.29 is 33.9 Å². The molecule has 7 nitrogen and oxygen atoms in total. The summed E-state index contributed by atoms with van der Waals surface area (Å²) in [4.78, 5) is 0. The quantitative estimate of drug-likeness (QED) is 0.425. The first-order valence-electron chi connectivity index (χ1n) is 12.2. The summed E-state index contributed by atoms with van der Waals surface area (Å²) in [6.07, 6.45) is 0.682. The van der Waals surface area contributed by atoms with Crippen LogP contribution in [0.1, 0.15) is 43.2 Å². The highest BCUT2D eigenvalue weighted by Gasteiger charge is 2.48. The monoisotopic (exact) mass is 550 g/mol. The molecule has 35 heavy (non-hydrogen) atoms. The lowest BCUT2D eigenvalue weighted by Gasteiger charge is -2.48. The van der Waals surface area contributed by atoms with Crippen LogP contribution in [0.15, 0.2) is 53.0 Å². The van der Waals surface area contributed by atoms with Crippen LogP contribution in [0.3, 0.4) is 0 Å². The lowest BCUT2D eigenvalue weighted by atomic mass is 9.89. The Balaban J connectivity index is 1.26. The van der Waals surface area contributed by atoms with E-state index >= 15 is 0 Å². The lowest BCUT2D eigenvalue weighted by Crippen LogP contribution is -2.55. The van der Waals surface area contributed by atoms with Crippen LogP contribution in [0.2, 0.25) is 0 Å². The van der Waals surface area contributed by atoms with Crippen LogP contribution in [0.5, 0.6) is 5.75 Å². The molecule has 2 N–H and O–H groups in total. The normalized spacial score (nSPS) is 28.8. The number of aliphatic hydroxyl groups excluding tert-OH is 2. The third-order valence-corrected chi connectivity index (χ3v) is 7.23. The van der Waals surface area contributed by atoms with E-state index in [1.165, 1.54) is 0 Å². The van der Waals surface area contributed by atoms with Crippen LogP contribution in [0.4, 0.5) is 0 Å². The van der Waals surface area contributed by atoms with E-state index in [1.807, 2.05) is 48.5 Å². The molecule has 2 saturated heterocycles. The third-order valence-electron chi connectivity index (χ3n) is 6.46. The first-order valence-corrected chi connectivity index (χ1v) is 13.0. The van der Waals surface area contributed by atoms with Crippen molar-refractivity contribution in [3.63, 3.8) is 0 Å². The fraction of sp³-hybridized carbons (Fsp3) is 0.556. The molecule has 1 spiro atoms. The Bertz CT molecular complexity index is 920. The molecule has 2 aliphatic heterocycles. The molecule has 0 aromatic heterocycles. The highest BCUT2D eigenvalue weighted by atomic mass is 79.9. The summed E-state index contributed by atoms with van der Waals surface area (Å²) in [6, 6.07) is 15.7. The molecule has 2 aromatic carbocycles. The molecule has 0 unspecified atom stereocenters. The number of halogens is 1. The van der Waals surface area contributed by atoms with Gasteiger partial charge in [0.2, 0.25) is 0 Å². The number of benzene rings is 2. The second-order valence-electron chi connectivity index (χ2n) is 9.37. The van der Waals surface area contributed by atoms with Gasteiger partial charge < -0.3 is 33.9 Å². The van der Waals surface area contributed by atoms with Crippen molar-refractivity contribution in [3.05, 3.63) is 64.1 Å². The van der Waals surface area contributed by atoms with E-state index in [0.717, 1.165) is 21.3 Å². The number of aliphatic hydroxyl groups is 2. The molecule has 5 atom stereocenters. The summed E-state index contributed by atoms with van der Waals surface area (Å²) in [5.41, 5.74) is 2.12. The average Bonchev–Trinajstić information content (AvgIpc) is 2.82. The molecule has 2 fully saturated rings. The van der Waals surface area contributed by atoms with Gasteiger partial charge in [-0.25, -0.2) is 0 Å². The molecule has 0 saturated carbocycles. The predicted octanol–water partition coefficient (Wildman–Crippen LogP) is 4.36. The van der Waals surface area contributed by atoms with E-state index in [9.17, 15) is 10.2 Å². The van der Waals surface area contributed by atoms with Gasteiger partial charge in [0.15, 0.2) is 5.79 Å². The van der Waals surface area contributed by atoms with Crippen molar-refractivity contribution in [2.75, 3.05) is 20.3 Å². The Hall–Kier alpha value is -1.52. The van der Waals surface area contributed by atoms with Crippen molar-refractivity contribution >= 4 is 15.9 Å². The van der Waals surface area contributed by atoms with Crippen LogP contribution in [-0.4, -0.2) is 60.7 Å². The van der Waals surface area contributed by atoms with Gasteiger partial charge in [0, 0.05) is 30.3 Å². The van der Waals surface area contributed by atoms with E-state index in [2.05, 4.69) is 15.9 Å². The maximum Gasteiger partial charge on any atom is 0.174 e. The van der Waals surface area contributed by atoms with Gasteiger partial charge in [-0.2, -0.15) is 0 Å². The molecule has 0 bridgehead atoms. The predicted molar refractivity (Wildman–Crippen MR) is 134 cm³/mol. The summed E-state index contributed by atoms with van der Waals surface area (Å²) >= 11 is 3.54. The van der Waals surface area contributed by atoms with Gasteiger partial charge in [0.25, 0.3) is 0 Å². The van der Waals surface area contributed by atoms with Crippen molar-refractivity contribution in [3.8, 4) is 5.75 Å². The number of hydrogen-bond acceptors (Lipinski definition) is 7. The fourth-order valence-corrected chi connectivity index (χ4v) is 5.22. The van der Waals surface area contributed by atoms with E-state index in [4.69, 9.17) is 23.7 Å². The SMILES string of the molecule is COc1ccc(COC[C@H]2C[C@H](O)C[C@@]3(C[C@@H](O)C[C@H](CCOCc4ccccc4Br)O3)O2)cc1. The second kappa shape index (κ2) is 12.6. The molecule has 4 rings (SSSR count). The number of rotatable bonds is 10. The zero-order valence-electron chi connectivity index (χ0n) is 20.1. The molecule has 2 aromatic rings. The van der Waals surface area contributed by atoms with Crippen molar-refractivity contribution in [1.29, 1.82) is 0 Å². The van der Waals surface area contributed by atoms with Gasteiger partial charge >= 0.3 is 0 Å². The molecule has 0 aliphatic carbocycles. The van der Waals surface area contributed by atoms with Crippen LogP contribution >= 0.6 is 15.9 Å². The zero-order valence-corrected chi connectivity index (χ0v) is 21.7. The van der Waals surface area contributed by atoms with Crippen molar-refractivity contribution in [2.24, 2.45) is 0 Å². The molecule has 2 heterocycles. The van der Waals surface area contributed by atoms with Gasteiger partial charge in [-0.15, -0.1) is 0 Å². The summed E-state index contributed by atoms with van der Waals surface area (Å²) < 4.78 is 30.6. The number of ether oxygens (including phenoxy) is 5. The fourth-order valence-electron chi connectivity index (χ4n) is 4.82. The van der Waals surface area contributed by atoms with Crippen molar-refractivity contribution in [2.45, 2.75) is 75.5 Å². The Morgan fingerprint density at radius 2 is 1.60 bits per heavy atom. The summed E-state index contributed by atoms with van der Waals surface area (Å²) in [7, 11) is 1.64. The van der Waals surface area contributed by atoms with Crippen LogP contribution in [0.25, 0.3) is 0 Å². The maximum absolute atomic E-state index is 10.6. The van der Waals surface area contributed by atoms with Crippen LogP contribution in [-0.2, 0) is 32.2 Å². The standard InChI is InChI=1S/C27H35BrO7/c1-31-23-8-6-19(7-9-23)16-33-18-25-13-22(30)15-27(35-25)14-21(29)12-24(34-27)10-11-32-17-20-4-2-3-5-26(20)28/h2-9,21-22,24-25,29-30H,10-18H2,1H3/t21-,22-,24-,25+,27+/m0/s1. The van der Waals surface area contributed by atoms with Crippen LogP contribution in [0, 0.1) is 0 Å². The maximum atomic E-state index is 10.6. The van der Waals surface area contributed by atoms with Gasteiger partial charge in [-0.1, -0.05) is 46.3 Å². The van der Waals surface area contributed by atoms with E-state index in [0.29, 0.717) is 58.5 Å². The lowest BCUT2D eigenvalue weighted by molar-refractivity contribution is -0.343. The van der Waals surface area contributed by atoms with Gasteiger partial charge in [-0.3, -0.25) is 0 Å². The van der Waals surface area contributed by atoms with Crippen molar-refractivity contribution in [1.82, 2.24) is 0 Å². The minimum Gasteiger partial charge on any atom is -0.497 e. The average molecular weight is 551 g/mol. The first-order chi connectivity index (χ1) is 16.9. The van der Waals surface area contributed by atoms with Gasteiger partial charge in [0.05, 0.1) is 51.3 Å². The van der Waals surface area contributed by atoms with E-state index in [1.54, 1.807) is 7.11 Å². The first kappa shape index (κ1) is 26.5. The Morgan fingerprint density at radius 1 is 0.914 bits per heavy atom. The molecule has 2 aliphatic rings. The van der Waals surface area contributed by atoms with E-state index in [-0.39, 0.29) is 12.2 Å². The smallest absolute Gasteiger partial charge is 0.174 e. The highest BCUT2D eigenvalue weighted by Crippen LogP contribution is 2.40. The number of hydrogen-bond donors (Lipinski definition) is 2. The summed E-state index contributed by atoms with van der Waals surface area (Å²) in [5, 5.41) is 21.1. The minimum atomic E-state index is -1.00. The topological polar surface area (TPSA) is 86.6 Å². The molecule has 192 valence electrons.